The highest BCUT2D eigenvalue weighted by molar-refractivity contribution is 5.70. The molecule has 0 aliphatic heterocycles. The van der Waals surface area contributed by atoms with Crippen LogP contribution in [0.2, 0.25) is 0 Å². The van der Waals surface area contributed by atoms with E-state index in [4.69, 9.17) is 14.2 Å². The maximum Gasteiger partial charge on any atom is 0.306 e. The Bertz CT molecular complexity index is 1140. The van der Waals surface area contributed by atoms with E-state index >= 15 is 0 Å². The SMILES string of the molecule is CCC(C)c1nc(NCc2c(-c3ccc(O[C@H]4CCC[C@H](C(=O)O)C4)c(C)n3)nnn2C)no1. The molecule has 3 atom stereocenters. The number of ether oxygens (including phenoxy) is 1. The lowest BCUT2D eigenvalue weighted by molar-refractivity contribution is -0.143. The van der Waals surface area contributed by atoms with Crippen LogP contribution < -0.4 is 10.1 Å². The fraction of sp³-hybridized carbons (Fsp3) is 0.565. The van der Waals surface area contributed by atoms with Crippen molar-refractivity contribution in [3.05, 3.63) is 29.4 Å². The van der Waals surface area contributed by atoms with Gasteiger partial charge in [-0.05, 0) is 56.3 Å². The summed E-state index contributed by atoms with van der Waals surface area (Å²) >= 11 is 0. The fourth-order valence-corrected chi connectivity index (χ4v) is 4.08. The van der Waals surface area contributed by atoms with Gasteiger partial charge < -0.3 is 19.7 Å². The number of rotatable bonds is 9. The Hall–Kier alpha value is -3.50. The second-order valence-electron chi connectivity index (χ2n) is 8.85. The largest absolute Gasteiger partial charge is 0.489 e. The van der Waals surface area contributed by atoms with Gasteiger partial charge in [-0.1, -0.05) is 19.1 Å². The molecule has 182 valence electrons. The summed E-state index contributed by atoms with van der Waals surface area (Å²) in [4.78, 5) is 20.4. The normalized spacial score (nSPS) is 19.1. The lowest BCUT2D eigenvalue weighted by Crippen LogP contribution is -2.29. The molecule has 1 fully saturated rings. The average Bonchev–Trinajstić information content (AvgIpc) is 3.45. The Balaban J connectivity index is 1.46. The minimum absolute atomic E-state index is 0.118. The molecule has 1 unspecified atom stereocenters. The molecule has 0 amide bonds. The van der Waals surface area contributed by atoms with Crippen LogP contribution in [0.5, 0.6) is 5.75 Å². The minimum atomic E-state index is -0.751. The summed E-state index contributed by atoms with van der Waals surface area (Å²) in [6, 6.07) is 3.72. The van der Waals surface area contributed by atoms with Gasteiger partial charge in [0.15, 0.2) is 0 Å². The monoisotopic (exact) mass is 469 g/mol. The van der Waals surface area contributed by atoms with Crippen LogP contribution in [0.4, 0.5) is 5.95 Å². The summed E-state index contributed by atoms with van der Waals surface area (Å²) in [5, 5.41) is 24.9. The number of pyridine rings is 1. The summed E-state index contributed by atoms with van der Waals surface area (Å²) in [7, 11) is 1.82. The second kappa shape index (κ2) is 10.2. The maximum atomic E-state index is 11.3. The zero-order chi connectivity index (χ0) is 24.2. The number of nitrogens with zero attached hydrogens (tertiary/aromatic N) is 6. The van der Waals surface area contributed by atoms with E-state index in [1.54, 1.807) is 4.68 Å². The zero-order valence-corrected chi connectivity index (χ0v) is 20.0. The quantitative estimate of drug-likeness (QED) is 0.476. The number of aromatic nitrogens is 6. The predicted molar refractivity (Wildman–Crippen MR) is 123 cm³/mol. The molecular weight excluding hydrogens is 438 g/mol. The van der Waals surface area contributed by atoms with Gasteiger partial charge in [-0.2, -0.15) is 4.98 Å². The van der Waals surface area contributed by atoms with Crippen molar-refractivity contribution in [1.29, 1.82) is 0 Å². The summed E-state index contributed by atoms with van der Waals surface area (Å²) in [5.41, 5.74) is 2.87. The Labute approximate surface area is 197 Å². The standard InChI is InChI=1S/C23H31N7O4/c1-5-13(2)21-26-23(28-34-21)24-12-18-20(27-29-30(18)4)17-9-10-19(14(3)25-17)33-16-8-6-7-15(11-16)22(31)32/h9-10,13,15-16H,5-8,11-12H2,1-4H3,(H,24,28)(H,31,32)/t13?,15-,16-/m0/s1. The van der Waals surface area contributed by atoms with Gasteiger partial charge in [0, 0.05) is 13.0 Å². The van der Waals surface area contributed by atoms with Gasteiger partial charge in [0.1, 0.15) is 11.4 Å². The molecule has 1 saturated carbocycles. The highest BCUT2D eigenvalue weighted by Crippen LogP contribution is 2.30. The Morgan fingerprint density at radius 3 is 2.91 bits per heavy atom. The fourth-order valence-electron chi connectivity index (χ4n) is 4.08. The lowest BCUT2D eigenvalue weighted by atomic mass is 9.87. The molecule has 1 aliphatic carbocycles. The number of nitrogens with one attached hydrogen (secondary N) is 1. The summed E-state index contributed by atoms with van der Waals surface area (Å²) in [6.45, 7) is 6.39. The summed E-state index contributed by atoms with van der Waals surface area (Å²) in [5.74, 6) is 0.790. The molecule has 0 spiro atoms. The Morgan fingerprint density at radius 1 is 1.35 bits per heavy atom. The zero-order valence-electron chi connectivity index (χ0n) is 20.0. The van der Waals surface area contributed by atoms with Gasteiger partial charge >= 0.3 is 5.97 Å². The van der Waals surface area contributed by atoms with E-state index in [9.17, 15) is 9.90 Å². The van der Waals surface area contributed by atoms with Crippen LogP contribution in [0.3, 0.4) is 0 Å². The molecule has 3 aromatic rings. The van der Waals surface area contributed by atoms with Crippen LogP contribution in [0.25, 0.3) is 11.4 Å². The van der Waals surface area contributed by atoms with Gasteiger partial charge in [-0.3, -0.25) is 4.79 Å². The first-order chi connectivity index (χ1) is 16.4. The van der Waals surface area contributed by atoms with Crippen molar-refractivity contribution in [2.45, 2.75) is 71.4 Å². The number of aryl methyl sites for hydroxylation is 2. The number of carboxylic acids is 1. The second-order valence-corrected chi connectivity index (χ2v) is 8.85. The molecule has 0 saturated heterocycles. The van der Waals surface area contributed by atoms with Gasteiger partial charge in [-0.25, -0.2) is 9.67 Å². The highest BCUT2D eigenvalue weighted by Gasteiger charge is 2.28. The highest BCUT2D eigenvalue weighted by atomic mass is 16.5. The molecule has 0 bridgehead atoms. The van der Waals surface area contributed by atoms with Crippen molar-refractivity contribution >= 4 is 11.9 Å². The van der Waals surface area contributed by atoms with Crippen LogP contribution in [-0.2, 0) is 18.4 Å². The smallest absolute Gasteiger partial charge is 0.306 e. The van der Waals surface area contributed by atoms with Gasteiger partial charge in [0.25, 0.3) is 5.95 Å². The molecule has 2 N–H and O–H groups in total. The first-order valence-electron chi connectivity index (χ1n) is 11.7. The topological polar surface area (TPSA) is 141 Å². The van der Waals surface area contributed by atoms with Crippen LogP contribution in [0, 0.1) is 12.8 Å². The van der Waals surface area contributed by atoms with Gasteiger partial charge in [0.2, 0.25) is 5.89 Å². The average molecular weight is 470 g/mol. The van der Waals surface area contributed by atoms with Crippen LogP contribution in [-0.4, -0.2) is 47.3 Å². The van der Waals surface area contributed by atoms with E-state index < -0.39 is 5.97 Å². The molecule has 11 nitrogen and oxygen atoms in total. The molecule has 3 aromatic heterocycles. The Kier molecular flexibility index (Phi) is 7.09. The number of carbonyl (C=O) groups is 1. The van der Waals surface area contributed by atoms with Crippen molar-refractivity contribution in [2.24, 2.45) is 13.0 Å². The molecule has 3 heterocycles. The van der Waals surface area contributed by atoms with Crippen molar-refractivity contribution in [3.8, 4) is 17.1 Å². The third kappa shape index (κ3) is 5.18. The van der Waals surface area contributed by atoms with Gasteiger partial charge in [0.05, 0.1) is 35.6 Å². The Morgan fingerprint density at radius 2 is 2.18 bits per heavy atom. The third-order valence-corrected chi connectivity index (χ3v) is 6.38. The number of hydrogen-bond acceptors (Lipinski definition) is 9. The third-order valence-electron chi connectivity index (χ3n) is 6.38. The molecule has 11 heteroatoms. The van der Waals surface area contributed by atoms with E-state index in [0.717, 1.165) is 30.7 Å². The first-order valence-corrected chi connectivity index (χ1v) is 11.7. The predicted octanol–water partition coefficient (Wildman–Crippen LogP) is 3.72. The minimum Gasteiger partial charge on any atom is -0.489 e. The number of hydrogen-bond donors (Lipinski definition) is 2. The summed E-state index contributed by atoms with van der Waals surface area (Å²) < 4.78 is 13.1. The molecule has 0 radical (unpaired) electrons. The number of anilines is 1. The van der Waals surface area contributed by atoms with Gasteiger partial charge in [-0.15, -0.1) is 5.10 Å². The van der Waals surface area contributed by atoms with E-state index in [0.29, 0.717) is 48.4 Å². The van der Waals surface area contributed by atoms with Crippen LogP contribution >= 0.6 is 0 Å². The van der Waals surface area contributed by atoms with E-state index in [-0.39, 0.29) is 17.9 Å². The maximum absolute atomic E-state index is 11.3. The van der Waals surface area contributed by atoms with E-state index in [1.807, 2.05) is 33.0 Å². The molecule has 4 rings (SSSR count). The summed E-state index contributed by atoms with van der Waals surface area (Å²) in [6.07, 6.45) is 3.72. The van der Waals surface area contributed by atoms with Crippen molar-refractivity contribution in [2.75, 3.05) is 5.32 Å². The van der Waals surface area contributed by atoms with E-state index in [2.05, 4.69) is 32.7 Å². The lowest BCUT2D eigenvalue weighted by Gasteiger charge is -2.27. The molecular formula is C23H31N7O4. The van der Waals surface area contributed by atoms with Crippen molar-refractivity contribution in [3.63, 3.8) is 0 Å². The first kappa shape index (κ1) is 23.7. The number of aliphatic carboxylic acids is 1. The molecule has 0 aromatic carbocycles. The van der Waals surface area contributed by atoms with Crippen LogP contribution in [0.15, 0.2) is 16.7 Å². The van der Waals surface area contributed by atoms with Crippen molar-refractivity contribution in [1.82, 2.24) is 30.1 Å². The van der Waals surface area contributed by atoms with E-state index in [1.165, 1.54) is 0 Å². The molecule has 1 aliphatic rings. The number of carboxylic acid groups (broad SMARTS) is 1. The van der Waals surface area contributed by atoms with Crippen LogP contribution in [0.1, 0.15) is 69.1 Å². The van der Waals surface area contributed by atoms with Crippen molar-refractivity contribution < 1.29 is 19.2 Å². The molecule has 34 heavy (non-hydrogen) atoms.